The van der Waals surface area contributed by atoms with Crippen LogP contribution < -0.4 is 4.72 Å². The minimum absolute atomic E-state index is 0.0823. The minimum atomic E-state index is -3.73. The normalized spacial score (nSPS) is 19.7. The molecule has 3 heterocycles. The summed E-state index contributed by atoms with van der Waals surface area (Å²) < 4.78 is 44.6. The quantitative estimate of drug-likeness (QED) is 0.386. The molecule has 0 radical (unpaired) electrons. The Morgan fingerprint density at radius 1 is 1.26 bits per heavy atom. The second kappa shape index (κ2) is 10.5. The molecule has 0 bridgehead atoms. The summed E-state index contributed by atoms with van der Waals surface area (Å²) >= 11 is 3.28. The Hall–Kier alpha value is -2.73. The Labute approximate surface area is 211 Å². The van der Waals surface area contributed by atoms with E-state index in [1.807, 2.05) is 0 Å². The first kappa shape index (κ1) is 25.4. The van der Waals surface area contributed by atoms with Gasteiger partial charge in [0.2, 0.25) is 10.0 Å². The molecule has 1 aromatic heterocycles. The smallest absolute Gasteiger partial charge is 0.340 e. The van der Waals surface area contributed by atoms with E-state index in [-0.39, 0.29) is 34.6 Å². The molecule has 35 heavy (non-hydrogen) atoms. The van der Waals surface area contributed by atoms with Crippen LogP contribution in [-0.4, -0.2) is 51.6 Å². The second-order valence-electron chi connectivity index (χ2n) is 8.14. The van der Waals surface area contributed by atoms with Crippen LogP contribution in [0.4, 0.5) is 0 Å². The number of rotatable bonds is 8. The lowest BCUT2D eigenvalue weighted by Crippen LogP contribution is -2.33. The molecular weight excluding hydrogens is 540 g/mol. The third-order valence-electron chi connectivity index (χ3n) is 5.84. The molecule has 2 aliphatic heterocycles. The maximum Gasteiger partial charge on any atom is 0.340 e. The summed E-state index contributed by atoms with van der Waals surface area (Å²) in [6.07, 6.45) is 3.17. The van der Waals surface area contributed by atoms with Crippen molar-refractivity contribution in [3.8, 4) is 0 Å². The van der Waals surface area contributed by atoms with Gasteiger partial charge in [-0.25, -0.2) is 17.9 Å². The van der Waals surface area contributed by atoms with Crippen molar-refractivity contribution in [2.45, 2.75) is 37.3 Å². The average Bonchev–Trinajstić information content (AvgIpc) is 3.56. The molecule has 186 valence electrons. The van der Waals surface area contributed by atoms with E-state index in [0.29, 0.717) is 30.4 Å². The van der Waals surface area contributed by atoms with Crippen molar-refractivity contribution >= 4 is 43.9 Å². The molecule has 4 rings (SSSR count). The Kier molecular flexibility index (Phi) is 7.60. The van der Waals surface area contributed by atoms with E-state index >= 15 is 0 Å². The Morgan fingerprint density at radius 3 is 2.66 bits per heavy atom. The van der Waals surface area contributed by atoms with Gasteiger partial charge in [0.15, 0.2) is 0 Å². The molecule has 2 aromatic rings. The van der Waals surface area contributed by atoms with Crippen molar-refractivity contribution < 1.29 is 31.9 Å². The average molecular weight is 565 g/mol. The van der Waals surface area contributed by atoms with Crippen LogP contribution >= 0.6 is 15.9 Å². The first-order chi connectivity index (χ1) is 16.7. The van der Waals surface area contributed by atoms with Crippen LogP contribution in [0.1, 0.15) is 31.3 Å². The summed E-state index contributed by atoms with van der Waals surface area (Å²) in [4.78, 5) is 27.3. The third-order valence-corrected chi connectivity index (χ3v) is 7.79. The molecular formula is C24H25BrN2O7S. The van der Waals surface area contributed by atoms with E-state index in [1.165, 1.54) is 30.2 Å². The van der Waals surface area contributed by atoms with Gasteiger partial charge in [-0.05, 0) is 62.2 Å². The van der Waals surface area contributed by atoms with E-state index in [2.05, 4.69) is 20.7 Å². The molecule has 1 saturated heterocycles. The first-order valence-corrected chi connectivity index (χ1v) is 13.3. The molecule has 0 unspecified atom stereocenters. The Balaban J connectivity index is 1.52. The van der Waals surface area contributed by atoms with Crippen LogP contribution in [0.3, 0.4) is 0 Å². The fourth-order valence-electron chi connectivity index (χ4n) is 4.01. The summed E-state index contributed by atoms with van der Waals surface area (Å²) in [5.41, 5.74) is 0.825. The van der Waals surface area contributed by atoms with Crippen LogP contribution in [0.5, 0.6) is 0 Å². The maximum atomic E-state index is 13.2. The lowest BCUT2D eigenvalue weighted by Gasteiger charge is -2.21. The predicted molar refractivity (Wildman–Crippen MR) is 130 cm³/mol. The number of esters is 1. The highest BCUT2D eigenvalue weighted by molar-refractivity contribution is 9.10. The van der Waals surface area contributed by atoms with E-state index in [1.54, 1.807) is 31.2 Å². The first-order valence-electron chi connectivity index (χ1n) is 11.0. The van der Waals surface area contributed by atoms with Crippen molar-refractivity contribution in [1.82, 2.24) is 9.62 Å². The van der Waals surface area contributed by atoms with Gasteiger partial charge in [0.25, 0.3) is 5.91 Å². The SMILES string of the molecule is COC(=O)C1=C(C)N(C[C@@H]2CCCO2)C(=O)/C1=C/c1ccc(CNS(=O)(=O)c2ccc(Br)cc2)o1. The lowest BCUT2D eigenvalue weighted by molar-refractivity contribution is -0.136. The minimum Gasteiger partial charge on any atom is -0.465 e. The summed E-state index contributed by atoms with van der Waals surface area (Å²) in [5.74, 6) is -0.308. The van der Waals surface area contributed by atoms with Crippen molar-refractivity contribution in [3.63, 3.8) is 0 Å². The van der Waals surface area contributed by atoms with E-state index in [0.717, 1.165) is 17.3 Å². The standard InChI is InChI=1S/C24H25BrN2O7S/c1-15-22(24(29)32-2)21(23(28)27(15)14-19-4-3-11-33-19)12-17-7-8-18(34-17)13-26-35(30,31)20-9-5-16(25)6-10-20/h5-10,12,19,26H,3-4,11,13-14H2,1-2H3/b21-12+/t19-/m0/s1. The van der Waals surface area contributed by atoms with Crippen LogP contribution in [0, 0.1) is 0 Å². The Bertz CT molecular complexity index is 1290. The molecule has 1 atom stereocenters. The van der Waals surface area contributed by atoms with Gasteiger partial charge in [-0.1, -0.05) is 15.9 Å². The van der Waals surface area contributed by atoms with Gasteiger partial charge in [-0.2, -0.15) is 0 Å². The van der Waals surface area contributed by atoms with Crippen LogP contribution in [-0.2, 0) is 35.6 Å². The number of nitrogens with zero attached hydrogens (tertiary/aromatic N) is 1. The molecule has 9 nitrogen and oxygen atoms in total. The van der Waals surface area contributed by atoms with Crippen molar-refractivity contribution in [2.24, 2.45) is 0 Å². The van der Waals surface area contributed by atoms with Gasteiger partial charge in [-0.3, -0.25) is 4.79 Å². The number of methoxy groups -OCH3 is 1. The van der Waals surface area contributed by atoms with E-state index in [9.17, 15) is 18.0 Å². The number of allylic oxidation sites excluding steroid dienone is 1. The van der Waals surface area contributed by atoms with Gasteiger partial charge in [0.1, 0.15) is 11.5 Å². The summed E-state index contributed by atoms with van der Waals surface area (Å²) in [7, 11) is -2.47. The molecule has 0 saturated carbocycles. The summed E-state index contributed by atoms with van der Waals surface area (Å²) in [6, 6.07) is 9.47. The van der Waals surface area contributed by atoms with Gasteiger partial charge in [0.05, 0.1) is 42.3 Å². The fourth-order valence-corrected chi connectivity index (χ4v) is 5.27. The van der Waals surface area contributed by atoms with Crippen molar-refractivity contribution in [1.29, 1.82) is 0 Å². The van der Waals surface area contributed by atoms with Crippen LogP contribution in [0.25, 0.3) is 6.08 Å². The van der Waals surface area contributed by atoms with E-state index in [4.69, 9.17) is 13.9 Å². The predicted octanol–water partition coefficient (Wildman–Crippen LogP) is 3.37. The molecule has 0 spiro atoms. The molecule has 1 aromatic carbocycles. The van der Waals surface area contributed by atoms with Crippen molar-refractivity contribution in [3.05, 3.63) is 69.2 Å². The number of furan rings is 1. The van der Waals surface area contributed by atoms with Crippen LogP contribution in [0.2, 0.25) is 0 Å². The molecule has 11 heteroatoms. The number of halogens is 1. The molecule has 0 aliphatic carbocycles. The van der Waals surface area contributed by atoms with Gasteiger partial charge in [-0.15, -0.1) is 0 Å². The Morgan fingerprint density at radius 2 is 2.00 bits per heavy atom. The number of amides is 1. The number of sulfonamides is 1. The number of ether oxygens (including phenoxy) is 2. The lowest BCUT2D eigenvalue weighted by atomic mass is 10.1. The van der Waals surface area contributed by atoms with Gasteiger partial charge < -0.3 is 18.8 Å². The number of benzene rings is 1. The summed E-state index contributed by atoms with van der Waals surface area (Å²) in [6.45, 7) is 2.62. The zero-order valence-electron chi connectivity index (χ0n) is 19.2. The molecule has 2 aliphatic rings. The fraction of sp³-hybridized carbons (Fsp3) is 0.333. The van der Waals surface area contributed by atoms with Crippen molar-refractivity contribution in [2.75, 3.05) is 20.3 Å². The highest BCUT2D eigenvalue weighted by Crippen LogP contribution is 2.33. The highest BCUT2D eigenvalue weighted by atomic mass is 79.9. The third kappa shape index (κ3) is 5.58. The maximum absolute atomic E-state index is 13.2. The molecule has 1 amide bonds. The van der Waals surface area contributed by atoms with Crippen LogP contribution in [0.15, 0.2) is 67.0 Å². The number of nitrogens with one attached hydrogen (secondary N) is 1. The van der Waals surface area contributed by atoms with E-state index < -0.39 is 16.0 Å². The zero-order valence-corrected chi connectivity index (χ0v) is 21.6. The highest BCUT2D eigenvalue weighted by Gasteiger charge is 2.38. The molecule has 1 fully saturated rings. The zero-order chi connectivity index (χ0) is 25.2. The van der Waals surface area contributed by atoms with Gasteiger partial charge >= 0.3 is 5.97 Å². The topological polar surface area (TPSA) is 115 Å². The number of carbonyl (C=O) groups is 2. The number of hydrogen-bond donors (Lipinski definition) is 1. The second-order valence-corrected chi connectivity index (χ2v) is 10.8. The monoisotopic (exact) mass is 564 g/mol. The summed E-state index contributed by atoms with van der Waals surface area (Å²) in [5, 5.41) is 0. The number of hydrogen-bond acceptors (Lipinski definition) is 7. The largest absolute Gasteiger partial charge is 0.465 e. The van der Waals surface area contributed by atoms with Gasteiger partial charge in [0, 0.05) is 16.8 Å². The number of carbonyl (C=O) groups excluding carboxylic acids is 2. The molecule has 1 N–H and O–H groups in total.